The van der Waals surface area contributed by atoms with Gasteiger partial charge < -0.3 is 10.1 Å². The Hall–Kier alpha value is -0.310. The normalized spacial score (nSPS) is 38.2. The van der Waals surface area contributed by atoms with Gasteiger partial charge in [-0.2, -0.15) is 0 Å². The summed E-state index contributed by atoms with van der Waals surface area (Å²) in [6, 6.07) is 0. The maximum absolute atomic E-state index is 5.43. The van der Waals surface area contributed by atoms with Crippen molar-refractivity contribution in [3.8, 4) is 0 Å². The van der Waals surface area contributed by atoms with E-state index in [9.17, 15) is 0 Å². The molecule has 1 aliphatic carbocycles. The lowest BCUT2D eigenvalue weighted by molar-refractivity contribution is 0.120. The minimum absolute atomic E-state index is 0.439. The first-order valence-corrected chi connectivity index (χ1v) is 4.21. The Kier molecular flexibility index (Phi) is 1.52. The van der Waals surface area contributed by atoms with Crippen molar-refractivity contribution in [2.24, 2.45) is 5.92 Å². The Balaban J connectivity index is 2.03. The maximum Gasteiger partial charge on any atom is 0.256 e. The van der Waals surface area contributed by atoms with Gasteiger partial charge in [-0.25, -0.2) is 0 Å². The molecule has 0 radical (unpaired) electrons. The fraction of sp³-hybridized carbons (Fsp3) is 0.857. The van der Waals surface area contributed by atoms with Gasteiger partial charge in [-0.05, 0) is 31.5 Å². The van der Waals surface area contributed by atoms with E-state index in [1.807, 2.05) is 0 Å². The van der Waals surface area contributed by atoms with E-state index in [1.54, 1.807) is 0 Å². The molecule has 56 valence electrons. The van der Waals surface area contributed by atoms with Gasteiger partial charge in [0.2, 0.25) is 0 Å². The lowest BCUT2D eigenvalue weighted by Crippen LogP contribution is -2.42. The van der Waals surface area contributed by atoms with E-state index >= 15 is 0 Å². The molecule has 0 bridgehead atoms. The summed E-state index contributed by atoms with van der Waals surface area (Å²) in [5.41, 5.74) is 0. The molecule has 0 unspecified atom stereocenters. The van der Waals surface area contributed by atoms with Crippen molar-refractivity contribution in [1.29, 1.82) is 0 Å². The SMILES string of the molecule is S=C1NC[C@@H]2CCC[C@H]2O1. The first-order chi connectivity index (χ1) is 4.86. The summed E-state index contributed by atoms with van der Waals surface area (Å²) >= 11 is 4.90. The van der Waals surface area contributed by atoms with Crippen molar-refractivity contribution in [2.45, 2.75) is 25.4 Å². The van der Waals surface area contributed by atoms with Crippen molar-refractivity contribution in [2.75, 3.05) is 6.54 Å². The standard InChI is InChI=1S/C7H11NOS/c10-7-8-4-5-2-1-3-6(5)9-7/h5-6H,1-4H2,(H,8,10)/t5-,6+/m0/s1. The molecule has 0 spiro atoms. The summed E-state index contributed by atoms with van der Waals surface area (Å²) in [4.78, 5) is 0. The summed E-state index contributed by atoms with van der Waals surface area (Å²) in [6.45, 7) is 1.03. The monoisotopic (exact) mass is 157 g/mol. The summed E-state index contributed by atoms with van der Waals surface area (Å²) in [6.07, 6.45) is 4.25. The number of hydrogen-bond donors (Lipinski definition) is 1. The first-order valence-electron chi connectivity index (χ1n) is 3.81. The fourth-order valence-electron chi connectivity index (χ4n) is 1.79. The van der Waals surface area contributed by atoms with Crippen LogP contribution in [0.2, 0.25) is 0 Å². The van der Waals surface area contributed by atoms with Crippen LogP contribution in [0.4, 0.5) is 0 Å². The Labute approximate surface area is 65.9 Å². The zero-order chi connectivity index (χ0) is 6.97. The van der Waals surface area contributed by atoms with Gasteiger partial charge in [0.05, 0.1) is 0 Å². The van der Waals surface area contributed by atoms with Crippen LogP contribution in [0.25, 0.3) is 0 Å². The Bertz CT molecular complexity index is 160. The molecule has 0 aromatic carbocycles. The zero-order valence-corrected chi connectivity index (χ0v) is 6.62. The van der Waals surface area contributed by atoms with E-state index < -0.39 is 0 Å². The number of hydrogen-bond acceptors (Lipinski definition) is 2. The summed E-state index contributed by atoms with van der Waals surface area (Å²) in [5, 5.41) is 3.66. The van der Waals surface area contributed by atoms with Crippen molar-refractivity contribution in [3.05, 3.63) is 0 Å². The molecule has 2 nitrogen and oxygen atoms in total. The highest BCUT2D eigenvalue weighted by Crippen LogP contribution is 2.29. The van der Waals surface area contributed by atoms with E-state index in [2.05, 4.69) is 5.32 Å². The topological polar surface area (TPSA) is 21.3 Å². The van der Waals surface area contributed by atoms with Crippen LogP contribution in [0.1, 0.15) is 19.3 Å². The van der Waals surface area contributed by atoms with E-state index in [4.69, 9.17) is 17.0 Å². The van der Waals surface area contributed by atoms with Crippen LogP contribution in [0.5, 0.6) is 0 Å². The van der Waals surface area contributed by atoms with Crippen LogP contribution in [0.3, 0.4) is 0 Å². The first kappa shape index (κ1) is 6.40. The van der Waals surface area contributed by atoms with Crippen LogP contribution in [0.15, 0.2) is 0 Å². The van der Waals surface area contributed by atoms with Gasteiger partial charge in [0, 0.05) is 12.5 Å². The molecular formula is C7H11NOS. The second kappa shape index (κ2) is 2.38. The highest BCUT2D eigenvalue weighted by Gasteiger charge is 2.32. The minimum Gasteiger partial charge on any atom is -0.467 e. The Morgan fingerprint density at radius 1 is 1.50 bits per heavy atom. The van der Waals surface area contributed by atoms with Crippen molar-refractivity contribution in [3.63, 3.8) is 0 Å². The van der Waals surface area contributed by atoms with Crippen LogP contribution in [-0.4, -0.2) is 17.8 Å². The molecule has 1 saturated carbocycles. The molecule has 1 aliphatic heterocycles. The summed E-state index contributed by atoms with van der Waals surface area (Å²) in [7, 11) is 0. The lowest BCUT2D eigenvalue weighted by Gasteiger charge is -2.27. The van der Waals surface area contributed by atoms with Crippen molar-refractivity contribution < 1.29 is 4.74 Å². The number of thiocarbonyl (C=S) groups is 1. The molecule has 0 aromatic heterocycles. The van der Waals surface area contributed by atoms with Crippen LogP contribution >= 0.6 is 12.2 Å². The molecule has 2 fully saturated rings. The lowest BCUT2D eigenvalue weighted by atomic mass is 10.1. The van der Waals surface area contributed by atoms with Crippen LogP contribution < -0.4 is 5.32 Å². The Morgan fingerprint density at radius 2 is 2.40 bits per heavy atom. The van der Waals surface area contributed by atoms with Gasteiger partial charge in [0.25, 0.3) is 5.17 Å². The van der Waals surface area contributed by atoms with Gasteiger partial charge in [0.15, 0.2) is 0 Å². The highest BCUT2D eigenvalue weighted by atomic mass is 32.1. The van der Waals surface area contributed by atoms with E-state index in [-0.39, 0.29) is 0 Å². The van der Waals surface area contributed by atoms with E-state index in [0.29, 0.717) is 11.3 Å². The molecule has 2 aliphatic rings. The predicted molar refractivity (Wildman–Crippen MR) is 42.8 cm³/mol. The second-order valence-electron chi connectivity index (χ2n) is 3.02. The number of fused-ring (bicyclic) bond motifs is 1. The average molecular weight is 157 g/mol. The third-order valence-electron chi connectivity index (χ3n) is 2.36. The van der Waals surface area contributed by atoms with Crippen LogP contribution in [-0.2, 0) is 4.74 Å². The smallest absolute Gasteiger partial charge is 0.256 e. The van der Waals surface area contributed by atoms with Gasteiger partial charge in [-0.3, -0.25) is 0 Å². The molecule has 3 heteroatoms. The summed E-state index contributed by atoms with van der Waals surface area (Å²) in [5.74, 6) is 0.728. The number of nitrogens with one attached hydrogen (secondary N) is 1. The maximum atomic E-state index is 5.43. The third kappa shape index (κ3) is 0.985. The molecule has 0 amide bonds. The quantitative estimate of drug-likeness (QED) is 0.531. The van der Waals surface area contributed by atoms with Gasteiger partial charge in [-0.15, -0.1) is 0 Å². The number of rotatable bonds is 0. The van der Waals surface area contributed by atoms with Crippen molar-refractivity contribution >= 4 is 17.4 Å². The molecule has 1 heterocycles. The van der Waals surface area contributed by atoms with Gasteiger partial charge in [-0.1, -0.05) is 0 Å². The largest absolute Gasteiger partial charge is 0.467 e. The predicted octanol–water partition coefficient (Wildman–Crippen LogP) is 1.06. The third-order valence-corrected chi connectivity index (χ3v) is 2.60. The van der Waals surface area contributed by atoms with Gasteiger partial charge >= 0.3 is 0 Å². The molecule has 1 N–H and O–H groups in total. The molecule has 10 heavy (non-hydrogen) atoms. The summed E-state index contributed by atoms with van der Waals surface area (Å²) < 4.78 is 5.43. The van der Waals surface area contributed by atoms with Crippen LogP contribution in [0, 0.1) is 5.92 Å². The van der Waals surface area contributed by atoms with E-state index in [0.717, 1.165) is 12.5 Å². The number of ether oxygens (including phenoxy) is 1. The second-order valence-corrected chi connectivity index (χ2v) is 3.39. The molecule has 2 rings (SSSR count). The zero-order valence-electron chi connectivity index (χ0n) is 5.80. The average Bonchev–Trinajstić information content (AvgIpc) is 2.33. The molecule has 2 atom stereocenters. The van der Waals surface area contributed by atoms with Crippen molar-refractivity contribution in [1.82, 2.24) is 5.32 Å². The molecule has 0 aromatic rings. The fourth-order valence-corrected chi connectivity index (χ4v) is 1.99. The highest BCUT2D eigenvalue weighted by molar-refractivity contribution is 7.80. The Morgan fingerprint density at radius 3 is 3.30 bits per heavy atom. The molecular weight excluding hydrogens is 146 g/mol. The van der Waals surface area contributed by atoms with Gasteiger partial charge in [0.1, 0.15) is 6.10 Å². The minimum atomic E-state index is 0.439. The van der Waals surface area contributed by atoms with E-state index in [1.165, 1.54) is 19.3 Å². The molecule has 1 saturated heterocycles.